The van der Waals surface area contributed by atoms with Crippen LogP contribution in [0.4, 0.5) is 13.2 Å². The molecule has 3 nitrogen and oxygen atoms in total. The van der Waals surface area contributed by atoms with Crippen LogP contribution in [0.1, 0.15) is 0 Å². The monoisotopic (exact) mass is 223 g/mol. The molecule has 0 aromatic heterocycles. The predicted molar refractivity (Wildman–Crippen MR) is 50.7 cm³/mol. The summed E-state index contributed by atoms with van der Waals surface area (Å²) in [4.78, 5) is 3.77. The molecule has 1 N–H and O–H groups in total. The summed E-state index contributed by atoms with van der Waals surface area (Å²) in [6.45, 7) is 3.82. The van der Waals surface area contributed by atoms with E-state index in [0.29, 0.717) is 19.1 Å². The molecular weight excluding hydrogens is 207 g/mol. The third-order valence-corrected chi connectivity index (χ3v) is 3.09. The van der Waals surface area contributed by atoms with Crippen molar-refractivity contribution in [1.82, 2.24) is 15.1 Å². The number of nitrogens with zero attached hydrogens (tertiary/aromatic N) is 2. The van der Waals surface area contributed by atoms with E-state index in [-0.39, 0.29) is 0 Å². The van der Waals surface area contributed by atoms with Gasteiger partial charge in [-0.25, -0.2) is 0 Å². The number of halogens is 3. The number of piperazine rings is 1. The van der Waals surface area contributed by atoms with Crippen molar-refractivity contribution < 1.29 is 13.2 Å². The highest BCUT2D eigenvalue weighted by atomic mass is 19.4. The quantitative estimate of drug-likeness (QED) is 0.718. The Kier molecular flexibility index (Phi) is 3.18. The molecule has 0 saturated carbocycles. The maximum absolute atomic E-state index is 12.1. The lowest BCUT2D eigenvalue weighted by atomic mass is 10.1. The van der Waals surface area contributed by atoms with Crippen molar-refractivity contribution in [3.05, 3.63) is 0 Å². The number of rotatable bonds is 2. The molecule has 0 amide bonds. The molecule has 0 aromatic carbocycles. The molecule has 0 spiro atoms. The first-order valence-corrected chi connectivity index (χ1v) is 5.28. The SMILES string of the molecule is FC(F)(F)CN1CCN(C2CNC2)CC1. The summed E-state index contributed by atoms with van der Waals surface area (Å²) >= 11 is 0. The first-order valence-electron chi connectivity index (χ1n) is 5.28. The van der Waals surface area contributed by atoms with Gasteiger partial charge in [0.2, 0.25) is 0 Å². The Bertz CT molecular complexity index is 207. The van der Waals surface area contributed by atoms with Gasteiger partial charge in [0.25, 0.3) is 0 Å². The number of alkyl halides is 3. The number of hydrogen-bond acceptors (Lipinski definition) is 3. The van der Waals surface area contributed by atoms with E-state index in [1.54, 1.807) is 0 Å². The van der Waals surface area contributed by atoms with Crippen molar-refractivity contribution in [3.8, 4) is 0 Å². The summed E-state index contributed by atoms with van der Waals surface area (Å²) in [6, 6.07) is 0.554. The van der Waals surface area contributed by atoms with Crippen LogP contribution < -0.4 is 5.32 Å². The molecule has 2 rings (SSSR count). The second-order valence-electron chi connectivity index (χ2n) is 4.24. The Hall–Kier alpha value is -0.330. The Balaban J connectivity index is 1.72. The minimum absolute atomic E-state index is 0.538. The molecule has 2 aliphatic rings. The average Bonchev–Trinajstić information content (AvgIpc) is 2.02. The molecule has 0 radical (unpaired) electrons. The van der Waals surface area contributed by atoms with E-state index in [9.17, 15) is 13.2 Å². The average molecular weight is 223 g/mol. The fourth-order valence-electron chi connectivity index (χ4n) is 2.07. The smallest absolute Gasteiger partial charge is 0.314 e. The van der Waals surface area contributed by atoms with Gasteiger partial charge in [-0.05, 0) is 0 Å². The van der Waals surface area contributed by atoms with Crippen LogP contribution in [0.25, 0.3) is 0 Å². The summed E-state index contributed by atoms with van der Waals surface area (Å²) in [5.41, 5.74) is 0. The molecule has 2 aliphatic heterocycles. The Morgan fingerprint density at radius 1 is 1.07 bits per heavy atom. The minimum atomic E-state index is -4.06. The van der Waals surface area contributed by atoms with Crippen molar-refractivity contribution in [3.63, 3.8) is 0 Å². The van der Waals surface area contributed by atoms with Gasteiger partial charge in [0.15, 0.2) is 0 Å². The van der Waals surface area contributed by atoms with E-state index in [1.165, 1.54) is 4.90 Å². The highest BCUT2D eigenvalue weighted by Crippen LogP contribution is 2.18. The predicted octanol–water partition coefficient (Wildman–Crippen LogP) is 0.138. The van der Waals surface area contributed by atoms with Gasteiger partial charge in [-0.3, -0.25) is 9.80 Å². The number of hydrogen-bond donors (Lipinski definition) is 1. The van der Waals surface area contributed by atoms with Crippen molar-refractivity contribution in [1.29, 1.82) is 0 Å². The van der Waals surface area contributed by atoms with Gasteiger partial charge < -0.3 is 5.32 Å². The molecule has 15 heavy (non-hydrogen) atoms. The highest BCUT2D eigenvalue weighted by molar-refractivity contribution is 4.87. The standard InChI is InChI=1S/C9H16F3N3/c10-9(11,12)7-14-1-3-15(4-2-14)8-5-13-6-8/h8,13H,1-7H2. The van der Waals surface area contributed by atoms with Gasteiger partial charge in [0, 0.05) is 45.3 Å². The summed E-state index contributed by atoms with van der Waals surface area (Å²) < 4.78 is 36.3. The fraction of sp³-hybridized carbons (Fsp3) is 1.00. The van der Waals surface area contributed by atoms with Crippen LogP contribution in [0.3, 0.4) is 0 Å². The first-order chi connectivity index (χ1) is 7.04. The summed E-state index contributed by atoms with van der Waals surface area (Å²) in [7, 11) is 0. The summed E-state index contributed by atoms with van der Waals surface area (Å²) in [6.07, 6.45) is -4.06. The molecular formula is C9H16F3N3. The van der Waals surface area contributed by atoms with E-state index in [4.69, 9.17) is 0 Å². The van der Waals surface area contributed by atoms with Crippen LogP contribution in [0.2, 0.25) is 0 Å². The lowest BCUT2D eigenvalue weighted by Crippen LogP contribution is -2.62. The Morgan fingerprint density at radius 3 is 2.07 bits per heavy atom. The van der Waals surface area contributed by atoms with E-state index >= 15 is 0 Å². The lowest BCUT2D eigenvalue weighted by Gasteiger charge is -2.43. The highest BCUT2D eigenvalue weighted by Gasteiger charge is 2.34. The largest absolute Gasteiger partial charge is 0.401 e. The second-order valence-corrected chi connectivity index (χ2v) is 4.24. The van der Waals surface area contributed by atoms with Crippen LogP contribution in [0.15, 0.2) is 0 Å². The van der Waals surface area contributed by atoms with Crippen molar-refractivity contribution in [2.45, 2.75) is 12.2 Å². The maximum Gasteiger partial charge on any atom is 0.401 e. The Labute approximate surface area is 87.2 Å². The number of nitrogens with one attached hydrogen (secondary N) is 1. The van der Waals surface area contributed by atoms with Crippen LogP contribution in [0.5, 0.6) is 0 Å². The summed E-state index contributed by atoms with van der Waals surface area (Å²) in [5.74, 6) is 0. The molecule has 0 bridgehead atoms. The van der Waals surface area contributed by atoms with Gasteiger partial charge in [-0.2, -0.15) is 13.2 Å². The van der Waals surface area contributed by atoms with E-state index < -0.39 is 12.7 Å². The molecule has 2 saturated heterocycles. The maximum atomic E-state index is 12.1. The molecule has 2 fully saturated rings. The van der Waals surface area contributed by atoms with Crippen LogP contribution in [0, 0.1) is 0 Å². The Morgan fingerprint density at radius 2 is 1.67 bits per heavy atom. The molecule has 0 atom stereocenters. The molecule has 0 aliphatic carbocycles. The zero-order valence-electron chi connectivity index (χ0n) is 8.56. The third-order valence-electron chi connectivity index (χ3n) is 3.09. The summed E-state index contributed by atoms with van der Waals surface area (Å²) in [5, 5.41) is 3.17. The van der Waals surface area contributed by atoms with Crippen LogP contribution in [-0.2, 0) is 0 Å². The van der Waals surface area contributed by atoms with Gasteiger partial charge in [-0.1, -0.05) is 0 Å². The zero-order chi connectivity index (χ0) is 10.9. The van der Waals surface area contributed by atoms with Gasteiger partial charge >= 0.3 is 6.18 Å². The van der Waals surface area contributed by atoms with E-state index in [2.05, 4.69) is 10.2 Å². The molecule has 6 heteroatoms. The molecule has 88 valence electrons. The van der Waals surface area contributed by atoms with Gasteiger partial charge in [-0.15, -0.1) is 0 Å². The topological polar surface area (TPSA) is 18.5 Å². The molecule has 0 unspecified atom stereocenters. The fourth-order valence-corrected chi connectivity index (χ4v) is 2.07. The van der Waals surface area contributed by atoms with Gasteiger partial charge in [0.1, 0.15) is 0 Å². The van der Waals surface area contributed by atoms with Gasteiger partial charge in [0.05, 0.1) is 6.54 Å². The lowest BCUT2D eigenvalue weighted by molar-refractivity contribution is -0.150. The molecule has 0 aromatic rings. The second kappa shape index (κ2) is 4.27. The molecule has 2 heterocycles. The van der Waals surface area contributed by atoms with Crippen molar-refractivity contribution in [2.75, 3.05) is 45.8 Å². The van der Waals surface area contributed by atoms with Crippen LogP contribution >= 0.6 is 0 Å². The third kappa shape index (κ3) is 3.06. The van der Waals surface area contributed by atoms with E-state index in [1.807, 2.05) is 0 Å². The van der Waals surface area contributed by atoms with Crippen LogP contribution in [-0.4, -0.2) is 67.8 Å². The minimum Gasteiger partial charge on any atom is -0.314 e. The first kappa shape index (κ1) is 11.2. The van der Waals surface area contributed by atoms with E-state index in [0.717, 1.165) is 26.2 Å². The van der Waals surface area contributed by atoms with Crippen molar-refractivity contribution in [2.24, 2.45) is 0 Å². The normalized spacial score (nSPS) is 26.6. The zero-order valence-corrected chi connectivity index (χ0v) is 8.56. The van der Waals surface area contributed by atoms with Crippen molar-refractivity contribution >= 4 is 0 Å².